The van der Waals surface area contributed by atoms with Crippen LogP contribution in [0.25, 0.3) is 4.85 Å². The molecule has 0 aliphatic carbocycles. The minimum atomic E-state index is -0.576. The molecule has 1 aliphatic heterocycles. The summed E-state index contributed by atoms with van der Waals surface area (Å²) < 4.78 is 5.51. The Morgan fingerprint density at radius 3 is 2.37 bits per heavy atom. The highest BCUT2D eigenvalue weighted by Crippen LogP contribution is 2.27. The zero-order valence-corrected chi connectivity index (χ0v) is 18.2. The molecular weight excluding hydrogens is 374 g/mol. The van der Waals surface area contributed by atoms with Crippen LogP contribution >= 0.6 is 0 Å². The van der Waals surface area contributed by atoms with Gasteiger partial charge in [0.15, 0.2) is 5.69 Å². The molecule has 0 aromatic heterocycles. The molecule has 2 aromatic rings. The standard InChI is InChI=1S/C25H33N3O2/c1-4-30-24-11-9-23(10-12-24)27(3)18-14-25(29)15-19-28(20-16-25)17-13-21-5-7-22(26-2)8-6-21/h5-12,29H,4,13-20H2,1,3H3. The molecule has 0 amide bonds. The van der Waals surface area contributed by atoms with E-state index < -0.39 is 5.60 Å². The van der Waals surface area contributed by atoms with Crippen molar-refractivity contribution in [2.24, 2.45) is 0 Å². The van der Waals surface area contributed by atoms with Crippen LogP contribution in [0.15, 0.2) is 48.5 Å². The number of nitrogens with zero attached hydrogens (tertiary/aromatic N) is 3. The predicted octanol–water partition coefficient (Wildman–Crippen LogP) is 4.53. The molecule has 0 radical (unpaired) electrons. The van der Waals surface area contributed by atoms with Crippen molar-refractivity contribution in [1.29, 1.82) is 0 Å². The summed E-state index contributed by atoms with van der Waals surface area (Å²) in [5.41, 5.74) is 2.52. The Labute approximate surface area is 180 Å². The SMILES string of the molecule is [C-]#[N+]c1ccc(CCN2CCC(O)(CCN(C)c3ccc(OCC)cc3)CC2)cc1. The van der Waals surface area contributed by atoms with Crippen LogP contribution in [0.3, 0.4) is 0 Å². The van der Waals surface area contributed by atoms with Gasteiger partial charge in [0.2, 0.25) is 0 Å². The summed E-state index contributed by atoms with van der Waals surface area (Å²) >= 11 is 0. The summed E-state index contributed by atoms with van der Waals surface area (Å²) in [7, 11) is 2.08. The molecule has 1 N–H and O–H groups in total. The van der Waals surface area contributed by atoms with Gasteiger partial charge in [-0.05, 0) is 62.4 Å². The van der Waals surface area contributed by atoms with Gasteiger partial charge < -0.3 is 19.6 Å². The fraction of sp³-hybridized carbons (Fsp3) is 0.480. The molecule has 1 heterocycles. The Morgan fingerprint density at radius 2 is 1.77 bits per heavy atom. The Morgan fingerprint density at radius 1 is 1.10 bits per heavy atom. The third-order valence-corrected chi connectivity index (χ3v) is 6.07. The van der Waals surface area contributed by atoms with E-state index in [0.717, 1.165) is 63.3 Å². The average molecular weight is 408 g/mol. The highest BCUT2D eigenvalue weighted by Gasteiger charge is 2.32. The summed E-state index contributed by atoms with van der Waals surface area (Å²) in [6, 6.07) is 16.0. The summed E-state index contributed by atoms with van der Waals surface area (Å²) in [6.45, 7) is 13.4. The van der Waals surface area contributed by atoms with E-state index in [2.05, 4.69) is 33.8 Å². The second-order valence-electron chi connectivity index (χ2n) is 8.19. The summed E-state index contributed by atoms with van der Waals surface area (Å²) in [5.74, 6) is 0.892. The molecule has 1 aliphatic rings. The van der Waals surface area contributed by atoms with E-state index in [-0.39, 0.29) is 0 Å². The fourth-order valence-corrected chi connectivity index (χ4v) is 3.94. The highest BCUT2D eigenvalue weighted by atomic mass is 16.5. The Bertz CT molecular complexity index is 819. The lowest BCUT2D eigenvalue weighted by molar-refractivity contribution is -0.0254. The zero-order chi connectivity index (χ0) is 21.4. The van der Waals surface area contributed by atoms with E-state index >= 15 is 0 Å². The molecular formula is C25H33N3O2. The van der Waals surface area contributed by atoms with Crippen LogP contribution < -0.4 is 9.64 Å². The maximum atomic E-state index is 11.0. The molecule has 0 saturated carbocycles. The average Bonchev–Trinajstić information content (AvgIpc) is 2.78. The summed E-state index contributed by atoms with van der Waals surface area (Å²) in [5, 5.41) is 11.0. The molecule has 1 saturated heterocycles. The Hall–Kier alpha value is -2.55. The minimum Gasteiger partial charge on any atom is -0.494 e. The van der Waals surface area contributed by atoms with E-state index in [0.29, 0.717) is 12.3 Å². The normalized spacial score (nSPS) is 16.1. The Balaban J connectivity index is 1.41. The number of anilines is 1. The first-order valence-electron chi connectivity index (χ1n) is 10.9. The van der Waals surface area contributed by atoms with Gasteiger partial charge in [0.1, 0.15) is 5.75 Å². The van der Waals surface area contributed by atoms with E-state index in [4.69, 9.17) is 11.3 Å². The van der Waals surface area contributed by atoms with Crippen molar-refractivity contribution in [2.45, 2.75) is 38.2 Å². The molecule has 1 fully saturated rings. The summed E-state index contributed by atoms with van der Waals surface area (Å²) in [6.07, 6.45) is 3.40. The van der Waals surface area contributed by atoms with Crippen molar-refractivity contribution in [3.8, 4) is 5.75 Å². The maximum absolute atomic E-state index is 11.0. The first kappa shape index (κ1) is 22.1. The number of benzene rings is 2. The molecule has 0 bridgehead atoms. The van der Waals surface area contributed by atoms with Gasteiger partial charge in [-0.25, -0.2) is 4.85 Å². The largest absolute Gasteiger partial charge is 0.494 e. The van der Waals surface area contributed by atoms with Crippen LogP contribution in [0.4, 0.5) is 11.4 Å². The first-order valence-corrected chi connectivity index (χ1v) is 10.9. The minimum absolute atomic E-state index is 0.576. The van der Waals surface area contributed by atoms with Crippen molar-refractivity contribution in [3.05, 3.63) is 65.5 Å². The van der Waals surface area contributed by atoms with Gasteiger partial charge >= 0.3 is 0 Å². The molecule has 0 spiro atoms. The van der Waals surface area contributed by atoms with Crippen LogP contribution in [0.2, 0.25) is 0 Å². The third-order valence-electron chi connectivity index (χ3n) is 6.07. The molecule has 2 aromatic carbocycles. The number of hydrogen-bond donors (Lipinski definition) is 1. The number of rotatable bonds is 9. The predicted molar refractivity (Wildman–Crippen MR) is 123 cm³/mol. The second-order valence-corrected chi connectivity index (χ2v) is 8.19. The van der Waals surface area contributed by atoms with E-state index in [1.54, 1.807) is 0 Å². The molecule has 3 rings (SSSR count). The smallest absolute Gasteiger partial charge is 0.187 e. The molecule has 30 heavy (non-hydrogen) atoms. The fourth-order valence-electron chi connectivity index (χ4n) is 3.94. The quantitative estimate of drug-likeness (QED) is 0.620. The molecule has 160 valence electrons. The van der Waals surface area contributed by atoms with Crippen LogP contribution in [0.1, 0.15) is 31.7 Å². The van der Waals surface area contributed by atoms with Crippen molar-refractivity contribution >= 4 is 11.4 Å². The molecule has 5 heteroatoms. The van der Waals surface area contributed by atoms with Gasteiger partial charge in [-0.3, -0.25) is 0 Å². The lowest BCUT2D eigenvalue weighted by Gasteiger charge is -2.39. The molecule has 5 nitrogen and oxygen atoms in total. The van der Waals surface area contributed by atoms with Crippen molar-refractivity contribution < 1.29 is 9.84 Å². The summed E-state index contributed by atoms with van der Waals surface area (Å²) in [4.78, 5) is 8.08. The Kier molecular flexibility index (Phi) is 7.73. The van der Waals surface area contributed by atoms with E-state index in [1.807, 2.05) is 43.3 Å². The van der Waals surface area contributed by atoms with Crippen LogP contribution in [-0.2, 0) is 6.42 Å². The van der Waals surface area contributed by atoms with Gasteiger partial charge in [-0.1, -0.05) is 24.3 Å². The monoisotopic (exact) mass is 407 g/mol. The highest BCUT2D eigenvalue weighted by molar-refractivity contribution is 5.48. The number of piperidine rings is 1. The van der Waals surface area contributed by atoms with Crippen LogP contribution in [0.5, 0.6) is 5.75 Å². The topological polar surface area (TPSA) is 40.3 Å². The van der Waals surface area contributed by atoms with Crippen molar-refractivity contribution in [2.75, 3.05) is 44.7 Å². The number of hydrogen-bond acceptors (Lipinski definition) is 4. The van der Waals surface area contributed by atoms with Gasteiger partial charge in [-0.2, -0.15) is 0 Å². The maximum Gasteiger partial charge on any atom is 0.187 e. The van der Waals surface area contributed by atoms with Crippen LogP contribution in [-0.4, -0.2) is 55.4 Å². The van der Waals surface area contributed by atoms with Gasteiger partial charge in [0.05, 0.1) is 18.8 Å². The van der Waals surface area contributed by atoms with Crippen molar-refractivity contribution in [1.82, 2.24) is 4.90 Å². The lowest BCUT2D eigenvalue weighted by atomic mass is 9.88. The third kappa shape index (κ3) is 6.22. The number of ether oxygens (including phenoxy) is 1. The molecule has 0 unspecified atom stereocenters. The van der Waals surface area contributed by atoms with Crippen molar-refractivity contribution in [3.63, 3.8) is 0 Å². The van der Waals surface area contributed by atoms with Crippen LogP contribution in [0, 0.1) is 6.57 Å². The van der Waals surface area contributed by atoms with Gasteiger partial charge in [0, 0.05) is 38.9 Å². The first-order chi connectivity index (χ1) is 14.5. The molecule has 0 atom stereocenters. The number of likely N-dealkylation sites (tertiary alicyclic amines) is 1. The van der Waals surface area contributed by atoms with E-state index in [9.17, 15) is 5.11 Å². The van der Waals surface area contributed by atoms with Gasteiger partial charge in [-0.15, -0.1) is 0 Å². The lowest BCUT2D eigenvalue weighted by Crippen LogP contribution is -2.46. The zero-order valence-electron chi connectivity index (χ0n) is 18.2. The second kappa shape index (κ2) is 10.5. The number of aliphatic hydroxyl groups is 1. The van der Waals surface area contributed by atoms with Gasteiger partial charge in [0.25, 0.3) is 0 Å². The van der Waals surface area contributed by atoms with E-state index in [1.165, 1.54) is 5.56 Å².